The van der Waals surface area contributed by atoms with Gasteiger partial charge in [0, 0.05) is 18.5 Å². The maximum Gasteiger partial charge on any atom is 0.257 e. The first-order valence-corrected chi connectivity index (χ1v) is 11.1. The molecule has 1 heterocycles. The van der Waals surface area contributed by atoms with Gasteiger partial charge in [0.05, 0.1) is 27.8 Å². The molecule has 1 amide bonds. The van der Waals surface area contributed by atoms with Crippen LogP contribution in [0.15, 0.2) is 47.4 Å². The maximum absolute atomic E-state index is 12.5. The number of nitriles is 1. The van der Waals surface area contributed by atoms with Gasteiger partial charge in [-0.05, 0) is 42.5 Å². The number of ether oxygens (including phenoxy) is 1. The molecule has 1 aromatic heterocycles. The zero-order valence-electron chi connectivity index (χ0n) is 15.7. The van der Waals surface area contributed by atoms with Gasteiger partial charge in [-0.1, -0.05) is 11.3 Å². The fourth-order valence-corrected chi connectivity index (χ4v) is 4.41. The van der Waals surface area contributed by atoms with Crippen LogP contribution in [-0.2, 0) is 10.0 Å². The van der Waals surface area contributed by atoms with Crippen molar-refractivity contribution in [1.82, 2.24) is 9.71 Å². The Bertz CT molecular complexity index is 1180. The number of aromatic nitrogens is 1. The van der Waals surface area contributed by atoms with Crippen LogP contribution in [0.5, 0.6) is 5.75 Å². The SMILES string of the molecule is N#CCCNS(=O)(=O)c1ccc(C(=O)Nc2nc3ccc(OCCO)cc3s2)cc1. The average Bonchev–Trinajstić information content (AvgIpc) is 3.13. The van der Waals surface area contributed by atoms with Crippen LogP contribution < -0.4 is 14.8 Å². The molecule has 11 heteroatoms. The van der Waals surface area contributed by atoms with Crippen LogP contribution in [0.25, 0.3) is 10.2 Å². The van der Waals surface area contributed by atoms with Crippen molar-refractivity contribution in [2.24, 2.45) is 0 Å². The van der Waals surface area contributed by atoms with Crippen molar-refractivity contribution in [3.63, 3.8) is 0 Å². The number of sulfonamides is 1. The van der Waals surface area contributed by atoms with Crippen molar-refractivity contribution in [2.45, 2.75) is 11.3 Å². The fourth-order valence-electron chi connectivity index (χ4n) is 2.49. The van der Waals surface area contributed by atoms with Gasteiger partial charge in [0.1, 0.15) is 12.4 Å². The second-order valence-corrected chi connectivity index (χ2v) is 8.80. The number of amides is 1. The molecule has 0 aliphatic carbocycles. The van der Waals surface area contributed by atoms with E-state index in [1.807, 2.05) is 6.07 Å². The first-order chi connectivity index (χ1) is 14.4. The van der Waals surface area contributed by atoms with E-state index in [9.17, 15) is 13.2 Å². The second kappa shape index (κ2) is 9.64. The quantitative estimate of drug-likeness (QED) is 0.427. The van der Waals surface area contributed by atoms with Crippen molar-refractivity contribution < 1.29 is 23.1 Å². The molecule has 0 fully saturated rings. The third-order valence-electron chi connectivity index (χ3n) is 3.90. The van der Waals surface area contributed by atoms with Crippen LogP contribution in [0.2, 0.25) is 0 Å². The summed E-state index contributed by atoms with van der Waals surface area (Å²) in [4.78, 5) is 16.8. The Morgan fingerprint density at radius 3 is 2.70 bits per heavy atom. The van der Waals surface area contributed by atoms with Crippen LogP contribution in [0.4, 0.5) is 5.13 Å². The van der Waals surface area contributed by atoms with E-state index in [1.165, 1.54) is 35.6 Å². The Morgan fingerprint density at radius 2 is 2.00 bits per heavy atom. The molecule has 3 N–H and O–H groups in total. The average molecular weight is 447 g/mol. The highest BCUT2D eigenvalue weighted by Gasteiger charge is 2.15. The number of aliphatic hydroxyl groups is 1. The minimum atomic E-state index is -3.73. The van der Waals surface area contributed by atoms with E-state index < -0.39 is 15.9 Å². The molecular weight excluding hydrogens is 428 g/mol. The molecule has 3 aromatic rings. The van der Waals surface area contributed by atoms with Crippen LogP contribution in [0.3, 0.4) is 0 Å². The van der Waals surface area contributed by atoms with Crippen LogP contribution in [0, 0.1) is 11.3 Å². The van der Waals surface area contributed by atoms with E-state index in [4.69, 9.17) is 15.1 Å². The molecule has 156 valence electrons. The lowest BCUT2D eigenvalue weighted by Gasteiger charge is -2.06. The number of aliphatic hydroxyl groups excluding tert-OH is 1. The molecule has 0 bridgehead atoms. The number of rotatable bonds is 9. The van der Waals surface area contributed by atoms with Crippen molar-refractivity contribution in [2.75, 3.05) is 25.1 Å². The molecule has 0 saturated carbocycles. The van der Waals surface area contributed by atoms with E-state index in [1.54, 1.807) is 18.2 Å². The molecule has 0 saturated heterocycles. The summed E-state index contributed by atoms with van der Waals surface area (Å²) in [5.74, 6) is 0.172. The monoisotopic (exact) mass is 446 g/mol. The van der Waals surface area contributed by atoms with Crippen molar-refractivity contribution in [3.05, 3.63) is 48.0 Å². The van der Waals surface area contributed by atoms with Gasteiger partial charge >= 0.3 is 0 Å². The van der Waals surface area contributed by atoms with Gasteiger partial charge in [-0.25, -0.2) is 18.1 Å². The molecule has 0 aliphatic heterocycles. The van der Waals surface area contributed by atoms with Gasteiger partial charge in [-0.15, -0.1) is 0 Å². The lowest BCUT2D eigenvalue weighted by molar-refractivity contribution is 0.102. The Labute approximate surface area is 177 Å². The third kappa shape index (κ3) is 5.31. The number of carbonyl (C=O) groups excluding carboxylic acids is 1. The number of thiazole rings is 1. The van der Waals surface area contributed by atoms with Gasteiger partial charge in [0.15, 0.2) is 5.13 Å². The highest BCUT2D eigenvalue weighted by atomic mass is 32.2. The summed E-state index contributed by atoms with van der Waals surface area (Å²) in [6, 6.07) is 12.6. The minimum Gasteiger partial charge on any atom is -0.491 e. The van der Waals surface area contributed by atoms with E-state index in [-0.39, 0.29) is 36.6 Å². The number of carbonyl (C=O) groups is 1. The number of fused-ring (bicyclic) bond motifs is 1. The summed E-state index contributed by atoms with van der Waals surface area (Å²) in [5, 5.41) is 20.4. The molecule has 0 aliphatic rings. The number of hydrogen-bond acceptors (Lipinski definition) is 8. The zero-order chi connectivity index (χ0) is 21.6. The van der Waals surface area contributed by atoms with Crippen LogP contribution in [-0.4, -0.2) is 44.2 Å². The molecule has 9 nitrogen and oxygen atoms in total. The zero-order valence-corrected chi connectivity index (χ0v) is 17.3. The molecule has 0 radical (unpaired) electrons. The predicted octanol–water partition coefficient (Wildman–Crippen LogP) is 2.11. The summed E-state index contributed by atoms with van der Waals surface area (Å²) < 4.78 is 32.7. The number of benzene rings is 2. The van der Waals surface area contributed by atoms with Crippen molar-refractivity contribution >= 4 is 42.6 Å². The topological polar surface area (TPSA) is 141 Å². The standard InChI is InChI=1S/C19H18N4O5S2/c20-8-1-9-21-30(26,27)15-5-2-13(3-6-15)18(25)23-19-22-16-7-4-14(28-11-10-24)12-17(16)29-19/h2-7,12,21,24H,1,9-11H2,(H,22,23,25). The van der Waals surface area contributed by atoms with E-state index in [0.29, 0.717) is 16.4 Å². The Balaban J connectivity index is 1.69. The van der Waals surface area contributed by atoms with Gasteiger partial charge < -0.3 is 9.84 Å². The molecule has 30 heavy (non-hydrogen) atoms. The normalized spacial score (nSPS) is 11.2. The van der Waals surface area contributed by atoms with Crippen molar-refractivity contribution in [1.29, 1.82) is 5.26 Å². The number of hydrogen-bond donors (Lipinski definition) is 3. The highest BCUT2D eigenvalue weighted by molar-refractivity contribution is 7.89. The Kier molecular flexibility index (Phi) is 6.96. The van der Waals surface area contributed by atoms with E-state index >= 15 is 0 Å². The van der Waals surface area contributed by atoms with Gasteiger partial charge in [-0.2, -0.15) is 5.26 Å². The largest absolute Gasteiger partial charge is 0.491 e. The molecule has 0 atom stereocenters. The highest BCUT2D eigenvalue weighted by Crippen LogP contribution is 2.29. The number of nitrogens with zero attached hydrogens (tertiary/aromatic N) is 2. The lowest BCUT2D eigenvalue weighted by atomic mass is 10.2. The molecule has 3 rings (SSSR count). The van der Waals surface area contributed by atoms with Crippen molar-refractivity contribution in [3.8, 4) is 11.8 Å². The molecular formula is C19H18N4O5S2. The Hall–Kier alpha value is -3.04. The summed E-state index contributed by atoms with van der Waals surface area (Å²) in [6.45, 7) is 0.122. The fraction of sp³-hybridized carbons (Fsp3) is 0.211. The first-order valence-electron chi connectivity index (χ1n) is 8.85. The van der Waals surface area contributed by atoms with Gasteiger partial charge in [0.25, 0.3) is 5.91 Å². The lowest BCUT2D eigenvalue weighted by Crippen LogP contribution is -2.24. The summed E-state index contributed by atoms with van der Waals surface area (Å²) in [6.07, 6.45) is 0.0664. The summed E-state index contributed by atoms with van der Waals surface area (Å²) >= 11 is 1.27. The third-order valence-corrected chi connectivity index (χ3v) is 6.31. The number of anilines is 1. The maximum atomic E-state index is 12.5. The molecule has 0 spiro atoms. The Morgan fingerprint density at radius 1 is 1.23 bits per heavy atom. The van der Waals surface area contributed by atoms with Gasteiger partial charge in [-0.3, -0.25) is 10.1 Å². The van der Waals surface area contributed by atoms with E-state index in [2.05, 4.69) is 15.0 Å². The summed E-state index contributed by atoms with van der Waals surface area (Å²) in [5.41, 5.74) is 0.966. The smallest absolute Gasteiger partial charge is 0.257 e. The summed E-state index contributed by atoms with van der Waals surface area (Å²) in [7, 11) is -3.73. The van der Waals surface area contributed by atoms with Crippen LogP contribution in [0.1, 0.15) is 16.8 Å². The number of nitrogens with one attached hydrogen (secondary N) is 2. The molecule has 0 unspecified atom stereocenters. The van der Waals surface area contributed by atoms with Crippen LogP contribution >= 0.6 is 11.3 Å². The van der Waals surface area contributed by atoms with E-state index in [0.717, 1.165) is 4.70 Å². The first kappa shape index (κ1) is 21.7. The van der Waals surface area contributed by atoms with Gasteiger partial charge in [0.2, 0.25) is 10.0 Å². The second-order valence-electron chi connectivity index (χ2n) is 6.01. The predicted molar refractivity (Wildman–Crippen MR) is 112 cm³/mol. The molecule has 2 aromatic carbocycles. The minimum absolute atomic E-state index is 0.00684.